The number of hydrogen-bond donors (Lipinski definition) is 1. The molecule has 120 valence electrons. The van der Waals surface area contributed by atoms with Crippen molar-refractivity contribution in [1.29, 1.82) is 5.26 Å². The van der Waals surface area contributed by atoms with E-state index in [1.807, 2.05) is 42.5 Å². The normalized spacial score (nSPS) is 10.7. The Morgan fingerprint density at radius 2 is 2.12 bits per heavy atom. The first-order valence-electron chi connectivity index (χ1n) is 7.28. The summed E-state index contributed by atoms with van der Waals surface area (Å²) in [6, 6.07) is 13.2. The van der Waals surface area contributed by atoms with Gasteiger partial charge < -0.3 is 18.9 Å². The first-order valence-corrected chi connectivity index (χ1v) is 7.28. The highest BCUT2D eigenvalue weighted by Crippen LogP contribution is 2.22. The molecule has 2 heterocycles. The summed E-state index contributed by atoms with van der Waals surface area (Å²) < 4.78 is 16.1. The average Bonchev–Trinajstić information content (AvgIpc) is 3.27. The van der Waals surface area contributed by atoms with E-state index < -0.39 is 0 Å². The van der Waals surface area contributed by atoms with Crippen LogP contribution in [0.4, 0.5) is 5.88 Å². The first-order chi connectivity index (χ1) is 11.8. The van der Waals surface area contributed by atoms with E-state index in [1.165, 1.54) is 0 Å². The molecule has 6 nitrogen and oxygen atoms in total. The molecular weight excluding hydrogens is 306 g/mol. The third-order valence-corrected chi connectivity index (χ3v) is 3.30. The molecule has 24 heavy (non-hydrogen) atoms. The van der Waals surface area contributed by atoms with Crippen LogP contribution in [-0.2, 0) is 6.54 Å². The zero-order valence-corrected chi connectivity index (χ0v) is 13.0. The highest BCUT2D eigenvalue weighted by molar-refractivity contribution is 5.70. The maximum Gasteiger partial charge on any atom is 0.232 e. The van der Waals surface area contributed by atoms with Crippen LogP contribution in [0.25, 0.3) is 12.2 Å². The van der Waals surface area contributed by atoms with Crippen LogP contribution in [-0.4, -0.2) is 12.1 Å². The Hall–Kier alpha value is -3.46. The second-order valence-corrected chi connectivity index (χ2v) is 4.85. The molecule has 2 aromatic heterocycles. The number of anilines is 1. The summed E-state index contributed by atoms with van der Waals surface area (Å²) in [7, 11) is 1.61. The number of nitrogens with one attached hydrogen (secondary N) is 1. The van der Waals surface area contributed by atoms with Crippen molar-refractivity contribution in [2.75, 3.05) is 12.4 Å². The van der Waals surface area contributed by atoms with Gasteiger partial charge in [-0.3, -0.25) is 0 Å². The number of nitrogens with zero attached hydrogens (tertiary/aromatic N) is 2. The van der Waals surface area contributed by atoms with Gasteiger partial charge in [0, 0.05) is 11.6 Å². The van der Waals surface area contributed by atoms with Crippen molar-refractivity contribution in [1.82, 2.24) is 4.98 Å². The molecule has 0 amide bonds. The minimum absolute atomic E-state index is 0.196. The molecule has 6 heteroatoms. The van der Waals surface area contributed by atoms with Crippen molar-refractivity contribution in [2.45, 2.75) is 6.54 Å². The molecule has 0 bridgehead atoms. The molecule has 1 N–H and O–H groups in total. The zero-order valence-electron chi connectivity index (χ0n) is 13.0. The SMILES string of the molecule is COc1ccccc1/C=C/c1nc(C#N)c(NCc2ccco2)o1. The summed E-state index contributed by atoms with van der Waals surface area (Å²) in [5.41, 5.74) is 1.09. The third-order valence-electron chi connectivity index (χ3n) is 3.30. The highest BCUT2D eigenvalue weighted by atomic mass is 16.5. The lowest BCUT2D eigenvalue weighted by Crippen LogP contribution is -1.98. The number of rotatable bonds is 6. The molecule has 0 aliphatic heterocycles. The van der Waals surface area contributed by atoms with E-state index >= 15 is 0 Å². The van der Waals surface area contributed by atoms with Crippen LogP contribution in [0.5, 0.6) is 5.75 Å². The number of nitriles is 1. The van der Waals surface area contributed by atoms with Crippen LogP contribution in [0.3, 0.4) is 0 Å². The number of methoxy groups -OCH3 is 1. The zero-order chi connectivity index (χ0) is 16.8. The second kappa shape index (κ2) is 7.20. The van der Waals surface area contributed by atoms with Gasteiger partial charge in [-0.1, -0.05) is 18.2 Å². The molecule has 1 aromatic carbocycles. The topological polar surface area (TPSA) is 84.2 Å². The van der Waals surface area contributed by atoms with Crippen molar-refractivity contribution in [3.63, 3.8) is 0 Å². The third kappa shape index (κ3) is 3.47. The monoisotopic (exact) mass is 321 g/mol. The number of oxazole rings is 1. The number of furan rings is 1. The van der Waals surface area contributed by atoms with Crippen LogP contribution in [0, 0.1) is 11.3 Å². The lowest BCUT2D eigenvalue weighted by molar-refractivity contribution is 0.414. The average molecular weight is 321 g/mol. The largest absolute Gasteiger partial charge is 0.496 e. The van der Waals surface area contributed by atoms with Crippen LogP contribution >= 0.6 is 0 Å². The van der Waals surface area contributed by atoms with Gasteiger partial charge >= 0.3 is 0 Å². The molecule has 3 rings (SSSR count). The van der Waals surface area contributed by atoms with Crippen LogP contribution < -0.4 is 10.1 Å². The molecule has 0 radical (unpaired) electrons. The number of hydrogen-bond acceptors (Lipinski definition) is 6. The van der Waals surface area contributed by atoms with E-state index in [4.69, 9.17) is 13.6 Å². The number of ether oxygens (including phenoxy) is 1. The van der Waals surface area contributed by atoms with E-state index in [2.05, 4.69) is 10.3 Å². The minimum Gasteiger partial charge on any atom is -0.496 e. The smallest absolute Gasteiger partial charge is 0.232 e. The van der Waals surface area contributed by atoms with Crippen LogP contribution in [0.15, 0.2) is 51.5 Å². The van der Waals surface area contributed by atoms with Crippen molar-refractivity contribution >= 4 is 18.0 Å². The first kappa shape index (κ1) is 15.4. The van der Waals surface area contributed by atoms with Crippen molar-refractivity contribution < 1.29 is 13.6 Å². The summed E-state index contributed by atoms with van der Waals surface area (Å²) in [5.74, 6) is 2.13. The molecule has 0 atom stereocenters. The molecular formula is C18H15N3O3. The van der Waals surface area contributed by atoms with Crippen molar-refractivity contribution in [3.8, 4) is 11.8 Å². The quantitative estimate of drug-likeness (QED) is 0.740. The summed E-state index contributed by atoms with van der Waals surface area (Å²) in [4.78, 5) is 4.15. The van der Waals surface area contributed by atoms with Gasteiger partial charge in [0.1, 0.15) is 17.6 Å². The van der Waals surface area contributed by atoms with E-state index in [-0.39, 0.29) is 5.69 Å². The molecule has 3 aromatic rings. The maximum absolute atomic E-state index is 9.18. The lowest BCUT2D eigenvalue weighted by Gasteiger charge is -2.02. The van der Waals surface area contributed by atoms with E-state index in [9.17, 15) is 5.26 Å². The Kier molecular flexibility index (Phi) is 4.63. The van der Waals surface area contributed by atoms with Crippen LogP contribution in [0.2, 0.25) is 0 Å². The fourth-order valence-electron chi connectivity index (χ4n) is 2.15. The molecule has 0 aliphatic carbocycles. The van der Waals surface area contributed by atoms with E-state index in [0.717, 1.165) is 17.1 Å². The number of benzene rings is 1. The van der Waals surface area contributed by atoms with Gasteiger partial charge in [-0.15, -0.1) is 0 Å². The predicted octanol–water partition coefficient (Wildman–Crippen LogP) is 3.93. The molecule has 0 saturated heterocycles. The summed E-state index contributed by atoms with van der Waals surface area (Å²) in [6.45, 7) is 0.409. The molecule has 0 unspecified atom stereocenters. The molecule has 0 fully saturated rings. The Balaban J connectivity index is 1.77. The Bertz CT molecular complexity index is 873. The summed E-state index contributed by atoms with van der Waals surface area (Å²) >= 11 is 0. The van der Waals surface area contributed by atoms with Crippen molar-refractivity contribution in [2.24, 2.45) is 0 Å². The van der Waals surface area contributed by atoms with Gasteiger partial charge in [0.05, 0.1) is 19.9 Å². The number of para-hydroxylation sites is 1. The van der Waals surface area contributed by atoms with E-state index in [0.29, 0.717) is 18.3 Å². The second-order valence-electron chi connectivity index (χ2n) is 4.85. The number of aromatic nitrogens is 1. The summed E-state index contributed by atoms with van der Waals surface area (Å²) in [5, 5.41) is 12.2. The van der Waals surface area contributed by atoms with Crippen molar-refractivity contribution in [3.05, 3.63) is 65.6 Å². The lowest BCUT2D eigenvalue weighted by atomic mass is 10.2. The fraction of sp³-hybridized carbons (Fsp3) is 0.111. The Morgan fingerprint density at radius 1 is 1.25 bits per heavy atom. The molecule has 0 spiro atoms. The Labute approximate surface area is 139 Å². The van der Waals surface area contributed by atoms with Gasteiger partial charge in [0.25, 0.3) is 0 Å². The van der Waals surface area contributed by atoms with Gasteiger partial charge in [-0.05, 0) is 24.3 Å². The molecule has 0 saturated carbocycles. The fourth-order valence-corrected chi connectivity index (χ4v) is 2.15. The molecule has 0 aliphatic rings. The van der Waals surface area contributed by atoms with Crippen LogP contribution in [0.1, 0.15) is 22.9 Å². The Morgan fingerprint density at radius 3 is 2.88 bits per heavy atom. The maximum atomic E-state index is 9.18. The standard InChI is InChI=1S/C18H15N3O3/c1-22-16-7-3-2-5-13(16)8-9-17-21-15(11-19)18(24-17)20-12-14-6-4-10-23-14/h2-10,20H,12H2,1H3/b9-8+. The van der Waals surface area contributed by atoms with E-state index in [1.54, 1.807) is 25.5 Å². The minimum atomic E-state index is 0.196. The predicted molar refractivity (Wildman–Crippen MR) is 89.2 cm³/mol. The van der Waals surface area contributed by atoms with Gasteiger partial charge in [0.15, 0.2) is 0 Å². The van der Waals surface area contributed by atoms with Gasteiger partial charge in [-0.2, -0.15) is 10.2 Å². The summed E-state index contributed by atoms with van der Waals surface area (Å²) in [6.07, 6.45) is 5.10. The van der Waals surface area contributed by atoms with Gasteiger partial charge in [0.2, 0.25) is 17.5 Å². The highest BCUT2D eigenvalue weighted by Gasteiger charge is 2.11. The van der Waals surface area contributed by atoms with Gasteiger partial charge in [-0.25, -0.2) is 0 Å².